The number of aromatic nitrogens is 2. The van der Waals surface area contributed by atoms with Crippen molar-refractivity contribution in [1.29, 1.82) is 0 Å². The summed E-state index contributed by atoms with van der Waals surface area (Å²) in [6.07, 6.45) is 2.54. The van der Waals surface area contributed by atoms with Crippen LogP contribution in [-0.4, -0.2) is 29.0 Å². The molecule has 0 saturated carbocycles. The van der Waals surface area contributed by atoms with Gasteiger partial charge in [0.25, 0.3) is 0 Å². The van der Waals surface area contributed by atoms with E-state index < -0.39 is 0 Å². The van der Waals surface area contributed by atoms with E-state index >= 15 is 0 Å². The van der Waals surface area contributed by atoms with Crippen LogP contribution < -0.4 is 10.6 Å². The van der Waals surface area contributed by atoms with Gasteiger partial charge in [0.05, 0.1) is 17.2 Å². The second kappa shape index (κ2) is 11.2. The van der Waals surface area contributed by atoms with Crippen molar-refractivity contribution in [3.05, 3.63) is 57.9 Å². The van der Waals surface area contributed by atoms with Gasteiger partial charge in [-0.15, -0.1) is 35.3 Å². The van der Waals surface area contributed by atoms with Gasteiger partial charge in [0.15, 0.2) is 5.96 Å². The highest BCUT2D eigenvalue weighted by Crippen LogP contribution is 2.19. The number of nitrogens with one attached hydrogen (secondary N) is 2. The molecule has 0 aliphatic carbocycles. The highest BCUT2D eigenvalue weighted by molar-refractivity contribution is 14.0. The van der Waals surface area contributed by atoms with Gasteiger partial charge in [-0.3, -0.25) is 0 Å². The first kappa shape index (κ1) is 22.4. The highest BCUT2D eigenvalue weighted by atomic mass is 127. The van der Waals surface area contributed by atoms with Gasteiger partial charge in [-0.2, -0.15) is 0 Å². The second-order valence-corrected chi connectivity index (χ2v) is 7.30. The lowest BCUT2D eigenvalue weighted by Crippen LogP contribution is -2.38. The fourth-order valence-electron chi connectivity index (χ4n) is 2.54. The number of aryl methyl sites for hydroxylation is 2. The molecule has 2 heterocycles. The van der Waals surface area contributed by atoms with E-state index in [2.05, 4.69) is 37.9 Å². The summed E-state index contributed by atoms with van der Waals surface area (Å²) in [5, 5.41) is 9.79. The maximum Gasteiger partial charge on any atom is 0.226 e. The Labute approximate surface area is 186 Å². The van der Waals surface area contributed by atoms with E-state index in [-0.39, 0.29) is 24.0 Å². The molecule has 1 aromatic carbocycles. The molecule has 2 aromatic heterocycles. The Hall–Kier alpha value is -1.94. The minimum absolute atomic E-state index is 0. The van der Waals surface area contributed by atoms with Gasteiger partial charge in [-0.1, -0.05) is 17.7 Å². The number of nitrogens with zero attached hydrogens (tertiary/aromatic N) is 3. The Morgan fingerprint density at radius 2 is 1.89 bits per heavy atom. The number of hydrogen-bond donors (Lipinski definition) is 2. The molecule has 28 heavy (non-hydrogen) atoms. The smallest absolute Gasteiger partial charge is 0.226 e. The average Bonchev–Trinajstić information content (AvgIpc) is 3.29. The van der Waals surface area contributed by atoms with Crippen molar-refractivity contribution < 1.29 is 4.42 Å². The summed E-state index contributed by atoms with van der Waals surface area (Å²) in [5.41, 5.74) is 4.10. The number of benzene rings is 1. The summed E-state index contributed by atoms with van der Waals surface area (Å²) in [7, 11) is 0. The zero-order valence-corrected chi connectivity index (χ0v) is 19.5. The first-order valence-corrected chi connectivity index (χ1v) is 9.96. The van der Waals surface area contributed by atoms with Gasteiger partial charge in [0.1, 0.15) is 12.0 Å². The number of rotatable bonds is 7. The number of thiazole rings is 1. The molecule has 2 N–H and O–H groups in total. The van der Waals surface area contributed by atoms with Gasteiger partial charge in [0, 0.05) is 30.5 Å². The molecule has 0 fully saturated rings. The lowest BCUT2D eigenvalue weighted by Gasteiger charge is -2.10. The number of hydrogen-bond acceptors (Lipinski definition) is 5. The molecule has 0 saturated heterocycles. The van der Waals surface area contributed by atoms with Crippen molar-refractivity contribution in [2.75, 3.05) is 13.1 Å². The minimum atomic E-state index is 0. The van der Waals surface area contributed by atoms with E-state index in [0.717, 1.165) is 47.4 Å². The van der Waals surface area contributed by atoms with Crippen LogP contribution in [0.5, 0.6) is 0 Å². The molecule has 150 valence electrons. The lowest BCUT2D eigenvalue weighted by atomic mass is 10.1. The predicted octanol–water partition coefficient (Wildman–Crippen LogP) is 4.33. The standard InChI is InChI=1S/C20H25N5OS.HI/c1-4-21-20(22-10-9-17-13-27-15(3)24-17)23-11-18-12-26-19(25-18)16-7-5-14(2)6-8-16;/h5-8,12-13H,4,9-11H2,1-3H3,(H2,21,22,23);1H. The highest BCUT2D eigenvalue weighted by Gasteiger charge is 2.07. The molecule has 0 aliphatic heterocycles. The molecular weight excluding hydrogens is 485 g/mol. The van der Waals surface area contributed by atoms with E-state index in [0.29, 0.717) is 12.4 Å². The molecule has 3 aromatic rings. The van der Waals surface area contributed by atoms with Crippen molar-refractivity contribution in [2.45, 2.75) is 33.7 Å². The second-order valence-electron chi connectivity index (χ2n) is 6.24. The maximum absolute atomic E-state index is 5.60. The molecule has 0 spiro atoms. The van der Waals surface area contributed by atoms with Gasteiger partial charge < -0.3 is 15.1 Å². The summed E-state index contributed by atoms with van der Waals surface area (Å²) in [6, 6.07) is 8.13. The van der Waals surface area contributed by atoms with E-state index in [1.807, 2.05) is 38.1 Å². The molecule has 0 atom stereocenters. The van der Waals surface area contributed by atoms with E-state index in [1.54, 1.807) is 17.6 Å². The van der Waals surface area contributed by atoms with E-state index in [9.17, 15) is 0 Å². The van der Waals surface area contributed by atoms with Crippen LogP contribution in [0.2, 0.25) is 0 Å². The molecular formula is C20H26IN5OS. The fraction of sp³-hybridized carbons (Fsp3) is 0.350. The Kier molecular flexibility index (Phi) is 8.91. The van der Waals surface area contributed by atoms with Crippen molar-refractivity contribution >= 4 is 41.3 Å². The zero-order chi connectivity index (χ0) is 19.1. The van der Waals surface area contributed by atoms with E-state index in [1.165, 1.54) is 5.56 Å². The van der Waals surface area contributed by atoms with Crippen molar-refractivity contribution in [2.24, 2.45) is 4.99 Å². The molecule has 0 amide bonds. The SMILES string of the molecule is CCNC(=NCc1coc(-c2ccc(C)cc2)n1)NCCc1csc(C)n1.I. The van der Waals surface area contributed by atoms with E-state index in [4.69, 9.17) is 4.42 Å². The first-order valence-electron chi connectivity index (χ1n) is 9.08. The predicted molar refractivity (Wildman–Crippen MR) is 125 cm³/mol. The Morgan fingerprint density at radius 3 is 2.57 bits per heavy atom. The summed E-state index contributed by atoms with van der Waals surface area (Å²) in [6.45, 7) is 8.17. The number of oxazole rings is 1. The summed E-state index contributed by atoms with van der Waals surface area (Å²) in [5.74, 6) is 1.39. The fourth-order valence-corrected chi connectivity index (χ4v) is 3.19. The monoisotopic (exact) mass is 511 g/mol. The summed E-state index contributed by atoms with van der Waals surface area (Å²) in [4.78, 5) is 13.6. The molecule has 0 aliphatic rings. The third-order valence-corrected chi connectivity index (χ3v) is 4.76. The topological polar surface area (TPSA) is 75.3 Å². The Balaban J connectivity index is 0.00000280. The maximum atomic E-state index is 5.60. The molecule has 0 radical (unpaired) electrons. The lowest BCUT2D eigenvalue weighted by molar-refractivity contribution is 0.572. The van der Waals surface area contributed by atoms with Gasteiger partial charge >= 0.3 is 0 Å². The van der Waals surface area contributed by atoms with Gasteiger partial charge in [-0.05, 0) is 32.9 Å². The largest absolute Gasteiger partial charge is 0.444 e. The zero-order valence-electron chi connectivity index (χ0n) is 16.4. The van der Waals surface area contributed by atoms with Crippen molar-refractivity contribution in [3.63, 3.8) is 0 Å². The summed E-state index contributed by atoms with van der Waals surface area (Å²) >= 11 is 1.68. The normalized spacial score (nSPS) is 11.2. The van der Waals surface area contributed by atoms with Gasteiger partial charge in [0.2, 0.25) is 5.89 Å². The Morgan fingerprint density at radius 1 is 1.11 bits per heavy atom. The third kappa shape index (κ3) is 6.59. The quantitative estimate of drug-likeness (QED) is 0.281. The van der Waals surface area contributed by atoms with Crippen molar-refractivity contribution in [3.8, 4) is 11.5 Å². The van der Waals surface area contributed by atoms with Crippen LogP contribution in [0.3, 0.4) is 0 Å². The van der Waals surface area contributed by atoms with Crippen molar-refractivity contribution in [1.82, 2.24) is 20.6 Å². The molecule has 8 heteroatoms. The van der Waals surface area contributed by atoms with Gasteiger partial charge in [-0.25, -0.2) is 15.0 Å². The number of aliphatic imine (C=N–C) groups is 1. The molecule has 3 rings (SSSR count). The van der Waals surface area contributed by atoms with Crippen LogP contribution in [0.4, 0.5) is 0 Å². The minimum Gasteiger partial charge on any atom is -0.444 e. The molecule has 0 unspecified atom stereocenters. The first-order chi connectivity index (χ1) is 13.1. The van der Waals surface area contributed by atoms with Crippen LogP contribution in [-0.2, 0) is 13.0 Å². The molecule has 0 bridgehead atoms. The van der Waals surface area contributed by atoms with Crippen LogP contribution in [0, 0.1) is 13.8 Å². The summed E-state index contributed by atoms with van der Waals surface area (Å²) < 4.78 is 5.60. The third-order valence-electron chi connectivity index (χ3n) is 3.93. The van der Waals surface area contributed by atoms with Crippen LogP contribution >= 0.6 is 35.3 Å². The number of guanidine groups is 1. The van der Waals surface area contributed by atoms with Crippen LogP contribution in [0.15, 0.2) is 45.3 Å². The van der Waals surface area contributed by atoms with Crippen LogP contribution in [0.1, 0.15) is 28.9 Å². The van der Waals surface area contributed by atoms with Crippen LogP contribution in [0.25, 0.3) is 11.5 Å². The average molecular weight is 511 g/mol. The number of halogens is 1. The molecule has 6 nitrogen and oxygen atoms in total. The Bertz CT molecular complexity index is 888.